The normalized spacial score (nSPS) is 34.0. The van der Waals surface area contributed by atoms with E-state index in [-0.39, 0.29) is 12.1 Å². The van der Waals surface area contributed by atoms with Crippen LogP contribution < -0.4 is 0 Å². The Balaban J connectivity index is 2.53. The highest BCUT2D eigenvalue weighted by Crippen LogP contribution is 2.12. The zero-order chi connectivity index (χ0) is 7.56. The van der Waals surface area contributed by atoms with Crippen LogP contribution in [0.4, 0.5) is 0 Å². The van der Waals surface area contributed by atoms with Gasteiger partial charge in [0.05, 0.1) is 30.6 Å². The predicted molar refractivity (Wildman–Crippen MR) is 37.4 cm³/mol. The fourth-order valence-corrected chi connectivity index (χ4v) is 1.16. The van der Waals surface area contributed by atoms with Gasteiger partial charge in [-0.15, -0.1) is 4.91 Å². The van der Waals surface area contributed by atoms with Crippen LogP contribution >= 0.6 is 0 Å². The Morgan fingerprint density at radius 2 is 1.90 bits per heavy atom. The molecule has 0 spiro atoms. The lowest BCUT2D eigenvalue weighted by molar-refractivity contribution is -0.0365. The van der Waals surface area contributed by atoms with Crippen LogP contribution in [0, 0.1) is 4.91 Å². The Kier molecular flexibility index (Phi) is 2.21. The van der Waals surface area contributed by atoms with E-state index >= 15 is 0 Å². The van der Waals surface area contributed by atoms with Crippen LogP contribution in [-0.4, -0.2) is 30.3 Å². The van der Waals surface area contributed by atoms with E-state index in [1.165, 1.54) is 0 Å². The number of ether oxygens (including phenoxy) is 1. The first-order valence-electron chi connectivity index (χ1n) is 3.45. The highest BCUT2D eigenvalue weighted by atomic mass is 16.5. The maximum Gasteiger partial charge on any atom is 0.0712 e. The Morgan fingerprint density at radius 1 is 1.40 bits per heavy atom. The van der Waals surface area contributed by atoms with Crippen LogP contribution in [0.15, 0.2) is 5.29 Å². The molecule has 1 fully saturated rings. The molecule has 1 aliphatic rings. The second kappa shape index (κ2) is 2.96. The highest BCUT2D eigenvalue weighted by molar-refractivity contribution is 4.73. The molecule has 0 bridgehead atoms. The molecule has 2 unspecified atom stereocenters. The van der Waals surface area contributed by atoms with E-state index in [1.54, 1.807) is 5.01 Å². The van der Waals surface area contributed by atoms with Gasteiger partial charge in [-0.3, -0.25) is 5.01 Å². The number of nitrogens with zero attached hydrogens (tertiary/aromatic N) is 2. The van der Waals surface area contributed by atoms with Crippen LogP contribution in [-0.2, 0) is 4.74 Å². The lowest BCUT2D eigenvalue weighted by Crippen LogP contribution is -2.45. The maximum absolute atomic E-state index is 10.2. The molecule has 0 radical (unpaired) electrons. The minimum Gasteiger partial charge on any atom is -0.377 e. The fraction of sp³-hybridized carbons (Fsp3) is 1.00. The fourth-order valence-electron chi connectivity index (χ4n) is 1.16. The SMILES string of the molecule is CC1COCC(C)N1N=O. The van der Waals surface area contributed by atoms with E-state index in [4.69, 9.17) is 4.74 Å². The number of hydrogen-bond donors (Lipinski definition) is 0. The second-order valence-corrected chi connectivity index (χ2v) is 2.70. The van der Waals surface area contributed by atoms with E-state index < -0.39 is 0 Å². The molecule has 0 aliphatic carbocycles. The number of nitroso groups, excluding NO2 is 1. The van der Waals surface area contributed by atoms with Crippen molar-refractivity contribution in [3.8, 4) is 0 Å². The van der Waals surface area contributed by atoms with Crippen molar-refractivity contribution >= 4 is 0 Å². The Bertz CT molecular complexity index is 119. The van der Waals surface area contributed by atoms with Gasteiger partial charge in [-0.25, -0.2) is 0 Å². The highest BCUT2D eigenvalue weighted by Gasteiger charge is 2.24. The van der Waals surface area contributed by atoms with Gasteiger partial charge in [0.25, 0.3) is 0 Å². The second-order valence-electron chi connectivity index (χ2n) is 2.70. The summed E-state index contributed by atoms with van der Waals surface area (Å²) in [5.41, 5.74) is 0. The molecule has 0 aromatic rings. The van der Waals surface area contributed by atoms with Crippen LogP contribution in [0.25, 0.3) is 0 Å². The van der Waals surface area contributed by atoms with Crippen LogP contribution in [0.5, 0.6) is 0 Å². The molecule has 0 aromatic heterocycles. The van der Waals surface area contributed by atoms with Gasteiger partial charge in [-0.1, -0.05) is 0 Å². The summed E-state index contributed by atoms with van der Waals surface area (Å²) in [6.07, 6.45) is 0. The van der Waals surface area contributed by atoms with Crippen molar-refractivity contribution in [3.63, 3.8) is 0 Å². The standard InChI is InChI=1S/C6H12N2O2/c1-5-3-10-4-6(2)8(5)7-9/h5-6H,3-4H2,1-2H3. The summed E-state index contributed by atoms with van der Waals surface area (Å²) in [5, 5.41) is 4.46. The van der Waals surface area contributed by atoms with Crippen LogP contribution in [0.3, 0.4) is 0 Å². The third-order valence-corrected chi connectivity index (χ3v) is 1.72. The lowest BCUT2D eigenvalue weighted by Gasteiger charge is -2.33. The van der Waals surface area contributed by atoms with Gasteiger partial charge in [0, 0.05) is 0 Å². The zero-order valence-corrected chi connectivity index (χ0v) is 6.28. The summed E-state index contributed by atoms with van der Waals surface area (Å²) < 4.78 is 5.19. The van der Waals surface area contributed by atoms with Crippen molar-refractivity contribution in [3.05, 3.63) is 4.91 Å². The topological polar surface area (TPSA) is 41.9 Å². The van der Waals surface area contributed by atoms with Gasteiger partial charge >= 0.3 is 0 Å². The first kappa shape index (κ1) is 7.47. The average molecular weight is 144 g/mol. The largest absolute Gasteiger partial charge is 0.377 e. The third-order valence-electron chi connectivity index (χ3n) is 1.72. The van der Waals surface area contributed by atoms with Gasteiger partial charge in [0.1, 0.15) is 0 Å². The van der Waals surface area contributed by atoms with Crippen molar-refractivity contribution in [2.45, 2.75) is 25.9 Å². The molecule has 0 aromatic carbocycles. The number of hydrogen-bond acceptors (Lipinski definition) is 3. The van der Waals surface area contributed by atoms with E-state index in [2.05, 4.69) is 5.29 Å². The van der Waals surface area contributed by atoms with Gasteiger partial charge in [0.15, 0.2) is 0 Å². The van der Waals surface area contributed by atoms with Crippen molar-refractivity contribution in [1.29, 1.82) is 0 Å². The summed E-state index contributed by atoms with van der Waals surface area (Å²) in [5.74, 6) is 0. The molecule has 0 amide bonds. The summed E-state index contributed by atoms with van der Waals surface area (Å²) in [4.78, 5) is 10.2. The molecule has 1 rings (SSSR count). The molecule has 1 saturated heterocycles. The van der Waals surface area contributed by atoms with Crippen molar-refractivity contribution in [1.82, 2.24) is 5.01 Å². The zero-order valence-electron chi connectivity index (χ0n) is 6.28. The van der Waals surface area contributed by atoms with Gasteiger partial charge in [0.2, 0.25) is 0 Å². The van der Waals surface area contributed by atoms with E-state index in [1.807, 2.05) is 13.8 Å². The Hall–Kier alpha value is -0.640. The molecular weight excluding hydrogens is 132 g/mol. The molecule has 58 valence electrons. The summed E-state index contributed by atoms with van der Waals surface area (Å²) >= 11 is 0. The molecule has 4 nitrogen and oxygen atoms in total. The molecular formula is C6H12N2O2. The quantitative estimate of drug-likeness (QED) is 0.510. The first-order valence-corrected chi connectivity index (χ1v) is 3.45. The van der Waals surface area contributed by atoms with Crippen molar-refractivity contribution < 1.29 is 4.74 Å². The maximum atomic E-state index is 10.2. The molecule has 1 aliphatic heterocycles. The van der Waals surface area contributed by atoms with Crippen molar-refractivity contribution in [2.75, 3.05) is 13.2 Å². The minimum atomic E-state index is 0.126. The summed E-state index contributed by atoms with van der Waals surface area (Å²) in [7, 11) is 0. The van der Waals surface area contributed by atoms with E-state index in [9.17, 15) is 4.91 Å². The smallest absolute Gasteiger partial charge is 0.0712 e. The molecule has 1 heterocycles. The number of rotatable bonds is 1. The molecule has 2 atom stereocenters. The Labute approximate surface area is 60.1 Å². The van der Waals surface area contributed by atoms with Gasteiger partial charge in [-0.2, -0.15) is 0 Å². The molecule has 0 saturated carbocycles. The summed E-state index contributed by atoms with van der Waals surface area (Å²) in [6, 6.07) is 0.252. The lowest BCUT2D eigenvalue weighted by atomic mass is 10.2. The van der Waals surface area contributed by atoms with Crippen LogP contribution in [0.1, 0.15) is 13.8 Å². The monoisotopic (exact) mass is 144 g/mol. The number of morpholine rings is 1. The van der Waals surface area contributed by atoms with Gasteiger partial charge < -0.3 is 4.74 Å². The summed E-state index contributed by atoms with van der Waals surface area (Å²) in [6.45, 7) is 5.07. The van der Waals surface area contributed by atoms with E-state index in [0.29, 0.717) is 13.2 Å². The molecule has 10 heavy (non-hydrogen) atoms. The van der Waals surface area contributed by atoms with Crippen molar-refractivity contribution in [2.24, 2.45) is 5.29 Å². The minimum absolute atomic E-state index is 0.126. The first-order chi connectivity index (χ1) is 4.75. The molecule has 0 N–H and O–H groups in total. The Morgan fingerprint density at radius 3 is 2.20 bits per heavy atom. The van der Waals surface area contributed by atoms with E-state index in [0.717, 1.165) is 0 Å². The predicted octanol–water partition coefficient (Wildman–Crippen LogP) is 0.777. The third kappa shape index (κ3) is 1.26. The van der Waals surface area contributed by atoms with Gasteiger partial charge in [-0.05, 0) is 13.8 Å². The average Bonchev–Trinajstić information content (AvgIpc) is 1.88. The van der Waals surface area contributed by atoms with Crippen LogP contribution in [0.2, 0.25) is 0 Å². The molecule has 4 heteroatoms.